The molecule has 0 radical (unpaired) electrons. The molecule has 114 valence electrons. The van der Waals surface area contributed by atoms with E-state index in [4.69, 9.17) is 4.74 Å². The second-order valence-electron chi connectivity index (χ2n) is 5.24. The summed E-state index contributed by atoms with van der Waals surface area (Å²) in [5, 5.41) is 0. The molecule has 1 amide bonds. The molecule has 1 aliphatic heterocycles. The van der Waals surface area contributed by atoms with Gasteiger partial charge in [-0.1, -0.05) is 0 Å². The number of esters is 1. The van der Waals surface area contributed by atoms with Gasteiger partial charge in [-0.2, -0.15) is 0 Å². The minimum Gasteiger partial charge on any atom is -0.484 e. The maximum Gasteiger partial charge on any atom is 0.337 e. The van der Waals surface area contributed by atoms with E-state index in [1.807, 2.05) is 4.90 Å². The van der Waals surface area contributed by atoms with Crippen LogP contribution in [-0.2, 0) is 9.53 Å². The van der Waals surface area contributed by atoms with Crippen molar-refractivity contribution in [2.24, 2.45) is 0 Å². The first-order chi connectivity index (χ1) is 10.1. The van der Waals surface area contributed by atoms with Crippen LogP contribution in [0.3, 0.4) is 0 Å². The maximum atomic E-state index is 12.1. The van der Waals surface area contributed by atoms with E-state index in [1.54, 1.807) is 24.3 Å². The molecule has 21 heavy (non-hydrogen) atoms. The van der Waals surface area contributed by atoms with Crippen molar-refractivity contribution in [2.45, 2.75) is 32.2 Å². The van der Waals surface area contributed by atoms with Gasteiger partial charge in [-0.25, -0.2) is 4.79 Å². The third-order valence-corrected chi connectivity index (χ3v) is 3.76. The molecule has 0 aromatic heterocycles. The topological polar surface area (TPSA) is 55.8 Å². The highest BCUT2D eigenvalue weighted by Crippen LogP contribution is 2.17. The first-order valence-corrected chi connectivity index (χ1v) is 7.22. The largest absolute Gasteiger partial charge is 0.484 e. The van der Waals surface area contributed by atoms with Gasteiger partial charge in [0.1, 0.15) is 5.75 Å². The van der Waals surface area contributed by atoms with Crippen LogP contribution in [0.2, 0.25) is 0 Å². The molecule has 0 saturated carbocycles. The van der Waals surface area contributed by atoms with Gasteiger partial charge in [-0.05, 0) is 50.5 Å². The molecule has 0 spiro atoms. The summed E-state index contributed by atoms with van der Waals surface area (Å²) >= 11 is 0. The Morgan fingerprint density at radius 3 is 2.57 bits per heavy atom. The number of nitrogens with zero attached hydrogens (tertiary/aromatic N) is 1. The molecule has 2 rings (SSSR count). The van der Waals surface area contributed by atoms with Crippen LogP contribution >= 0.6 is 0 Å². The van der Waals surface area contributed by atoms with Crippen molar-refractivity contribution < 1.29 is 19.1 Å². The average Bonchev–Trinajstić information content (AvgIpc) is 2.52. The van der Waals surface area contributed by atoms with Crippen LogP contribution in [-0.4, -0.2) is 43.1 Å². The van der Waals surface area contributed by atoms with Gasteiger partial charge in [-0.3, -0.25) is 4.79 Å². The molecule has 1 aromatic carbocycles. The minimum atomic E-state index is -0.389. The molecule has 1 fully saturated rings. The minimum absolute atomic E-state index is 0.0132. The van der Waals surface area contributed by atoms with Crippen LogP contribution in [0.5, 0.6) is 5.75 Å². The SMILES string of the molecule is COC(=O)c1ccc(OCC(=O)N2CCCCC2C)cc1. The van der Waals surface area contributed by atoms with E-state index in [1.165, 1.54) is 13.5 Å². The molecule has 5 nitrogen and oxygen atoms in total. The summed E-state index contributed by atoms with van der Waals surface area (Å²) in [4.78, 5) is 25.3. The summed E-state index contributed by atoms with van der Waals surface area (Å²) in [6, 6.07) is 6.86. The van der Waals surface area contributed by atoms with E-state index in [0.717, 1.165) is 19.4 Å². The highest BCUT2D eigenvalue weighted by molar-refractivity contribution is 5.89. The number of rotatable bonds is 4. The van der Waals surface area contributed by atoms with Crippen LogP contribution in [0, 0.1) is 0 Å². The van der Waals surface area contributed by atoms with Crippen molar-refractivity contribution in [3.8, 4) is 5.75 Å². The number of piperidine rings is 1. The lowest BCUT2D eigenvalue weighted by Crippen LogP contribution is -2.44. The summed E-state index contributed by atoms with van der Waals surface area (Å²) in [6.07, 6.45) is 3.30. The highest BCUT2D eigenvalue weighted by Gasteiger charge is 2.23. The highest BCUT2D eigenvalue weighted by atomic mass is 16.5. The lowest BCUT2D eigenvalue weighted by atomic mass is 10.0. The summed E-state index contributed by atoms with van der Waals surface area (Å²) in [5.41, 5.74) is 0.459. The van der Waals surface area contributed by atoms with E-state index in [0.29, 0.717) is 11.3 Å². The molecule has 1 saturated heterocycles. The number of methoxy groups -OCH3 is 1. The predicted molar refractivity (Wildman–Crippen MR) is 78.3 cm³/mol. The standard InChI is InChI=1S/C16H21NO4/c1-12-5-3-4-10-17(12)15(18)11-21-14-8-6-13(7-9-14)16(19)20-2/h6-9,12H,3-5,10-11H2,1-2H3. The van der Waals surface area contributed by atoms with Crippen molar-refractivity contribution in [1.29, 1.82) is 0 Å². The van der Waals surface area contributed by atoms with Gasteiger partial charge in [0, 0.05) is 12.6 Å². The number of benzene rings is 1. The van der Waals surface area contributed by atoms with Gasteiger partial charge in [0.05, 0.1) is 12.7 Å². The Hall–Kier alpha value is -2.04. The Bertz CT molecular complexity index is 498. The first-order valence-electron chi connectivity index (χ1n) is 7.22. The molecule has 1 aliphatic rings. The van der Waals surface area contributed by atoms with Gasteiger partial charge in [0.2, 0.25) is 0 Å². The molecule has 1 heterocycles. The van der Waals surface area contributed by atoms with E-state index >= 15 is 0 Å². The van der Waals surface area contributed by atoms with Crippen LogP contribution in [0.1, 0.15) is 36.5 Å². The van der Waals surface area contributed by atoms with E-state index < -0.39 is 0 Å². The van der Waals surface area contributed by atoms with Crippen molar-refractivity contribution in [3.05, 3.63) is 29.8 Å². The molecule has 0 N–H and O–H groups in total. The Balaban J connectivity index is 1.87. The van der Waals surface area contributed by atoms with Crippen LogP contribution < -0.4 is 4.74 Å². The lowest BCUT2D eigenvalue weighted by molar-refractivity contribution is -0.136. The number of likely N-dealkylation sites (tertiary alicyclic amines) is 1. The van der Waals surface area contributed by atoms with Crippen molar-refractivity contribution in [3.63, 3.8) is 0 Å². The van der Waals surface area contributed by atoms with Crippen molar-refractivity contribution in [1.82, 2.24) is 4.90 Å². The Kier molecular flexibility index (Phi) is 5.20. The van der Waals surface area contributed by atoms with Crippen molar-refractivity contribution in [2.75, 3.05) is 20.3 Å². The number of hydrogen-bond donors (Lipinski definition) is 0. The van der Waals surface area contributed by atoms with Gasteiger partial charge in [0.25, 0.3) is 5.91 Å². The fraction of sp³-hybridized carbons (Fsp3) is 0.500. The molecule has 0 bridgehead atoms. The van der Waals surface area contributed by atoms with Gasteiger partial charge >= 0.3 is 5.97 Å². The normalized spacial score (nSPS) is 18.2. The number of amides is 1. The van der Waals surface area contributed by atoms with Gasteiger partial charge in [-0.15, -0.1) is 0 Å². The Morgan fingerprint density at radius 1 is 1.24 bits per heavy atom. The number of carbonyl (C=O) groups excluding carboxylic acids is 2. The number of ether oxygens (including phenoxy) is 2. The fourth-order valence-corrected chi connectivity index (χ4v) is 2.50. The van der Waals surface area contributed by atoms with Gasteiger partial charge < -0.3 is 14.4 Å². The van der Waals surface area contributed by atoms with Crippen LogP contribution in [0.25, 0.3) is 0 Å². The summed E-state index contributed by atoms with van der Waals surface area (Å²) in [6.45, 7) is 2.91. The predicted octanol–water partition coefficient (Wildman–Crippen LogP) is 2.25. The molecular formula is C16H21NO4. The van der Waals surface area contributed by atoms with E-state index in [2.05, 4.69) is 11.7 Å². The zero-order chi connectivity index (χ0) is 15.2. The van der Waals surface area contributed by atoms with E-state index in [-0.39, 0.29) is 24.5 Å². The molecule has 0 aliphatic carbocycles. The number of carbonyl (C=O) groups is 2. The fourth-order valence-electron chi connectivity index (χ4n) is 2.50. The smallest absolute Gasteiger partial charge is 0.337 e. The Labute approximate surface area is 124 Å². The second-order valence-corrected chi connectivity index (χ2v) is 5.24. The maximum absolute atomic E-state index is 12.1. The summed E-state index contributed by atoms with van der Waals surface area (Å²) in [7, 11) is 1.34. The third-order valence-electron chi connectivity index (χ3n) is 3.76. The van der Waals surface area contributed by atoms with E-state index in [9.17, 15) is 9.59 Å². The molecule has 5 heteroatoms. The lowest BCUT2D eigenvalue weighted by Gasteiger charge is -2.33. The molecule has 1 atom stereocenters. The summed E-state index contributed by atoms with van der Waals surface area (Å²) < 4.78 is 10.1. The Morgan fingerprint density at radius 2 is 1.95 bits per heavy atom. The summed E-state index contributed by atoms with van der Waals surface area (Å²) in [5.74, 6) is 0.194. The van der Waals surface area contributed by atoms with Crippen LogP contribution in [0.4, 0.5) is 0 Å². The second kappa shape index (κ2) is 7.11. The van der Waals surface area contributed by atoms with Gasteiger partial charge in [0.15, 0.2) is 6.61 Å². The average molecular weight is 291 g/mol. The quantitative estimate of drug-likeness (QED) is 0.798. The number of hydrogen-bond acceptors (Lipinski definition) is 4. The van der Waals surface area contributed by atoms with Crippen LogP contribution in [0.15, 0.2) is 24.3 Å². The molecule has 1 unspecified atom stereocenters. The molecule has 1 aromatic rings. The monoisotopic (exact) mass is 291 g/mol. The first kappa shape index (κ1) is 15.4. The zero-order valence-corrected chi connectivity index (χ0v) is 12.5. The molecular weight excluding hydrogens is 270 g/mol. The van der Waals surface area contributed by atoms with Crippen molar-refractivity contribution >= 4 is 11.9 Å². The zero-order valence-electron chi connectivity index (χ0n) is 12.5. The third kappa shape index (κ3) is 3.97.